The standard InChI is InChI=1S/C22H29FN4O/c1-3-4-5-6-10-21(28)27-13-11-26(12-14-27)20-15-17(2)24-22(25-20)18-8-7-9-19(23)16-18/h7-9,15-16H,3-6,10-14H2,1-2H3. The quantitative estimate of drug-likeness (QED) is 0.671. The predicted octanol–water partition coefficient (Wildman–Crippen LogP) is 4.21. The molecule has 0 bridgehead atoms. The molecular formula is C22H29FN4O. The lowest BCUT2D eigenvalue weighted by Crippen LogP contribution is -2.49. The van der Waals surface area contributed by atoms with Crippen LogP contribution in [-0.4, -0.2) is 47.0 Å². The molecule has 0 radical (unpaired) electrons. The van der Waals surface area contributed by atoms with Crippen molar-refractivity contribution in [2.45, 2.75) is 46.0 Å². The lowest BCUT2D eigenvalue weighted by atomic mass is 10.1. The number of nitrogens with zero attached hydrogens (tertiary/aromatic N) is 4. The first-order valence-corrected chi connectivity index (χ1v) is 10.2. The summed E-state index contributed by atoms with van der Waals surface area (Å²) in [7, 11) is 0. The molecule has 0 spiro atoms. The third-order valence-corrected chi connectivity index (χ3v) is 5.12. The van der Waals surface area contributed by atoms with Crippen molar-refractivity contribution in [3.05, 3.63) is 41.8 Å². The van der Waals surface area contributed by atoms with Crippen LogP contribution in [0.4, 0.5) is 10.2 Å². The molecule has 3 rings (SSSR count). The Hall–Kier alpha value is -2.50. The highest BCUT2D eigenvalue weighted by Crippen LogP contribution is 2.22. The molecule has 1 aliphatic heterocycles. The number of rotatable bonds is 7. The average Bonchev–Trinajstić information content (AvgIpc) is 2.71. The fraction of sp³-hybridized carbons (Fsp3) is 0.500. The summed E-state index contributed by atoms with van der Waals surface area (Å²) in [6, 6.07) is 8.30. The SMILES string of the molecule is CCCCCCC(=O)N1CCN(c2cc(C)nc(-c3cccc(F)c3)n2)CC1. The second-order valence-corrected chi connectivity index (χ2v) is 7.38. The van der Waals surface area contributed by atoms with Crippen molar-refractivity contribution >= 4 is 11.7 Å². The Bertz CT molecular complexity index is 803. The Kier molecular flexibility index (Phi) is 6.95. The van der Waals surface area contributed by atoms with Crippen LogP contribution in [0.3, 0.4) is 0 Å². The van der Waals surface area contributed by atoms with E-state index in [-0.39, 0.29) is 11.7 Å². The Labute approximate surface area is 166 Å². The normalized spacial score (nSPS) is 14.4. The Balaban J connectivity index is 1.62. The lowest BCUT2D eigenvalue weighted by Gasteiger charge is -2.35. The summed E-state index contributed by atoms with van der Waals surface area (Å²) in [4.78, 5) is 25.6. The molecule has 1 amide bonds. The molecule has 1 aliphatic rings. The van der Waals surface area contributed by atoms with E-state index in [1.165, 1.54) is 25.0 Å². The first-order chi connectivity index (χ1) is 13.6. The number of carbonyl (C=O) groups excluding carboxylic acids is 1. The number of anilines is 1. The minimum atomic E-state index is -0.296. The second kappa shape index (κ2) is 9.62. The van der Waals surface area contributed by atoms with Crippen molar-refractivity contribution in [2.75, 3.05) is 31.1 Å². The molecule has 0 N–H and O–H groups in total. The Morgan fingerprint density at radius 1 is 1.07 bits per heavy atom. The Morgan fingerprint density at radius 2 is 1.86 bits per heavy atom. The predicted molar refractivity (Wildman–Crippen MR) is 110 cm³/mol. The minimum absolute atomic E-state index is 0.259. The summed E-state index contributed by atoms with van der Waals surface area (Å²) >= 11 is 0. The third kappa shape index (κ3) is 5.27. The van der Waals surface area contributed by atoms with Crippen molar-refractivity contribution in [3.63, 3.8) is 0 Å². The van der Waals surface area contributed by atoms with E-state index in [1.807, 2.05) is 24.0 Å². The van der Waals surface area contributed by atoms with Gasteiger partial charge in [0.25, 0.3) is 0 Å². The number of aryl methyl sites for hydroxylation is 1. The van der Waals surface area contributed by atoms with E-state index in [0.29, 0.717) is 30.9 Å². The van der Waals surface area contributed by atoms with Crippen LogP contribution in [-0.2, 0) is 4.79 Å². The number of hydrogen-bond donors (Lipinski definition) is 0. The van der Waals surface area contributed by atoms with Crippen LogP contribution >= 0.6 is 0 Å². The second-order valence-electron chi connectivity index (χ2n) is 7.38. The number of hydrogen-bond acceptors (Lipinski definition) is 4. The van der Waals surface area contributed by atoms with Gasteiger partial charge in [0.05, 0.1) is 0 Å². The monoisotopic (exact) mass is 384 g/mol. The van der Waals surface area contributed by atoms with E-state index in [1.54, 1.807) is 6.07 Å². The number of benzene rings is 1. The number of carbonyl (C=O) groups is 1. The van der Waals surface area contributed by atoms with Gasteiger partial charge in [-0.1, -0.05) is 38.3 Å². The molecule has 0 saturated carbocycles. The maximum Gasteiger partial charge on any atom is 0.222 e. The van der Waals surface area contributed by atoms with Gasteiger partial charge in [-0.3, -0.25) is 4.79 Å². The number of piperazine rings is 1. The zero-order valence-corrected chi connectivity index (χ0v) is 16.8. The molecule has 2 heterocycles. The lowest BCUT2D eigenvalue weighted by molar-refractivity contribution is -0.131. The van der Waals surface area contributed by atoms with Gasteiger partial charge in [0.1, 0.15) is 11.6 Å². The average molecular weight is 384 g/mol. The summed E-state index contributed by atoms with van der Waals surface area (Å²) in [6.07, 6.45) is 5.14. The molecule has 150 valence electrons. The number of unbranched alkanes of at least 4 members (excludes halogenated alkanes) is 3. The first kappa shape index (κ1) is 20.2. The number of amides is 1. The summed E-state index contributed by atoms with van der Waals surface area (Å²) in [5.41, 5.74) is 1.52. The number of aromatic nitrogens is 2. The highest BCUT2D eigenvalue weighted by Gasteiger charge is 2.22. The summed E-state index contributed by atoms with van der Waals surface area (Å²) in [6.45, 7) is 7.02. The van der Waals surface area contributed by atoms with Gasteiger partial charge in [0.2, 0.25) is 5.91 Å². The van der Waals surface area contributed by atoms with Crippen molar-refractivity contribution in [1.82, 2.24) is 14.9 Å². The fourth-order valence-electron chi connectivity index (χ4n) is 3.52. The van der Waals surface area contributed by atoms with Crippen molar-refractivity contribution in [1.29, 1.82) is 0 Å². The van der Waals surface area contributed by atoms with E-state index < -0.39 is 0 Å². The zero-order chi connectivity index (χ0) is 19.9. The van der Waals surface area contributed by atoms with Gasteiger partial charge in [0.15, 0.2) is 5.82 Å². The summed E-state index contributed by atoms with van der Waals surface area (Å²) in [5, 5.41) is 0. The molecule has 0 atom stereocenters. The van der Waals surface area contributed by atoms with E-state index in [9.17, 15) is 9.18 Å². The van der Waals surface area contributed by atoms with Crippen LogP contribution < -0.4 is 4.90 Å². The van der Waals surface area contributed by atoms with Crippen molar-refractivity contribution < 1.29 is 9.18 Å². The van der Waals surface area contributed by atoms with Crippen LogP contribution in [0.1, 0.15) is 44.7 Å². The first-order valence-electron chi connectivity index (χ1n) is 10.2. The van der Waals surface area contributed by atoms with E-state index in [0.717, 1.165) is 37.4 Å². The third-order valence-electron chi connectivity index (χ3n) is 5.12. The molecule has 1 aromatic heterocycles. The van der Waals surface area contributed by atoms with Crippen LogP contribution in [0.2, 0.25) is 0 Å². The Morgan fingerprint density at radius 3 is 2.57 bits per heavy atom. The van der Waals surface area contributed by atoms with Gasteiger partial charge in [-0.15, -0.1) is 0 Å². The smallest absolute Gasteiger partial charge is 0.222 e. The van der Waals surface area contributed by atoms with Crippen LogP contribution in [0.25, 0.3) is 11.4 Å². The van der Waals surface area contributed by atoms with Gasteiger partial charge in [0, 0.05) is 49.9 Å². The van der Waals surface area contributed by atoms with Crippen molar-refractivity contribution in [3.8, 4) is 11.4 Å². The zero-order valence-electron chi connectivity index (χ0n) is 16.8. The molecule has 6 heteroatoms. The van der Waals surface area contributed by atoms with Gasteiger partial charge >= 0.3 is 0 Å². The summed E-state index contributed by atoms with van der Waals surface area (Å²) < 4.78 is 13.6. The molecule has 1 fully saturated rings. The highest BCUT2D eigenvalue weighted by molar-refractivity contribution is 5.76. The highest BCUT2D eigenvalue weighted by atomic mass is 19.1. The molecular weight excluding hydrogens is 355 g/mol. The molecule has 2 aromatic rings. The fourth-order valence-corrected chi connectivity index (χ4v) is 3.52. The maximum atomic E-state index is 13.6. The van der Waals surface area contributed by atoms with E-state index in [2.05, 4.69) is 21.8 Å². The summed E-state index contributed by atoms with van der Waals surface area (Å²) in [5.74, 6) is 1.33. The molecule has 28 heavy (non-hydrogen) atoms. The van der Waals surface area contributed by atoms with Crippen LogP contribution in [0.15, 0.2) is 30.3 Å². The minimum Gasteiger partial charge on any atom is -0.353 e. The molecule has 5 nitrogen and oxygen atoms in total. The van der Waals surface area contributed by atoms with Gasteiger partial charge in [-0.25, -0.2) is 14.4 Å². The van der Waals surface area contributed by atoms with E-state index >= 15 is 0 Å². The largest absolute Gasteiger partial charge is 0.353 e. The van der Waals surface area contributed by atoms with Gasteiger partial charge < -0.3 is 9.80 Å². The molecule has 1 aromatic carbocycles. The van der Waals surface area contributed by atoms with Crippen LogP contribution in [0.5, 0.6) is 0 Å². The van der Waals surface area contributed by atoms with Gasteiger partial charge in [-0.05, 0) is 25.5 Å². The molecule has 0 unspecified atom stereocenters. The van der Waals surface area contributed by atoms with E-state index in [4.69, 9.17) is 0 Å². The van der Waals surface area contributed by atoms with Gasteiger partial charge in [-0.2, -0.15) is 0 Å². The van der Waals surface area contributed by atoms with Crippen LogP contribution in [0, 0.1) is 12.7 Å². The molecule has 0 aliphatic carbocycles. The van der Waals surface area contributed by atoms with Crippen molar-refractivity contribution in [2.24, 2.45) is 0 Å². The maximum absolute atomic E-state index is 13.6. The topological polar surface area (TPSA) is 49.3 Å². The number of halogens is 1. The molecule has 1 saturated heterocycles.